The van der Waals surface area contributed by atoms with Crippen LogP contribution in [-0.4, -0.2) is 31.1 Å². The molecule has 0 spiro atoms. The molecule has 0 saturated carbocycles. The van der Waals surface area contributed by atoms with Crippen LogP contribution in [0, 0.1) is 5.92 Å². The Kier molecular flexibility index (Phi) is 8.62. The number of nitrogens with zero attached hydrogens (tertiary/aromatic N) is 3. The van der Waals surface area contributed by atoms with Gasteiger partial charge in [0.05, 0.1) is 18.7 Å². The molecular weight excluding hydrogens is 489 g/mol. The first-order valence-electron chi connectivity index (χ1n) is 9.15. The van der Waals surface area contributed by atoms with Crippen LogP contribution in [0.5, 0.6) is 5.75 Å². The van der Waals surface area contributed by atoms with E-state index < -0.39 is 0 Å². The van der Waals surface area contributed by atoms with Crippen molar-refractivity contribution in [2.24, 2.45) is 16.6 Å². The minimum atomic E-state index is 0. The zero-order valence-corrected chi connectivity index (χ0v) is 19.3. The lowest BCUT2D eigenvalue weighted by Gasteiger charge is -2.31. The second kappa shape index (κ2) is 10.7. The Hall–Kier alpha value is -1.74. The molecule has 3 N–H and O–H groups in total. The average molecular weight is 516 g/mol. The number of nitrogens with one attached hydrogen (secondary N) is 1. The fraction of sp³-hybridized carbons (Fsp3) is 0.400. The highest BCUT2D eigenvalue weighted by Crippen LogP contribution is 2.27. The third kappa shape index (κ3) is 6.13. The van der Waals surface area contributed by atoms with Crippen LogP contribution in [0.25, 0.3) is 0 Å². The third-order valence-electron chi connectivity index (χ3n) is 4.77. The number of ether oxygens (including phenoxy) is 1. The molecule has 1 aromatic carbocycles. The first-order valence-corrected chi connectivity index (χ1v) is 9.53. The molecular formula is C20H27ClIN5O. The maximum absolute atomic E-state index is 6.11. The number of anilines is 2. The Morgan fingerprint density at radius 3 is 2.68 bits per heavy atom. The fourth-order valence-corrected chi connectivity index (χ4v) is 3.30. The zero-order valence-electron chi connectivity index (χ0n) is 16.2. The molecule has 0 radical (unpaired) electrons. The van der Waals surface area contributed by atoms with Crippen LogP contribution >= 0.6 is 35.6 Å². The highest BCUT2D eigenvalue weighted by Gasteiger charge is 2.16. The van der Waals surface area contributed by atoms with Crippen molar-refractivity contribution in [1.29, 1.82) is 0 Å². The van der Waals surface area contributed by atoms with Crippen LogP contribution in [-0.2, 0) is 6.54 Å². The molecule has 2 heterocycles. The Balaban J connectivity index is 0.00000280. The van der Waals surface area contributed by atoms with Gasteiger partial charge in [-0.05, 0) is 48.6 Å². The number of aliphatic imine (C=N–C) groups is 1. The van der Waals surface area contributed by atoms with E-state index in [1.54, 1.807) is 19.2 Å². The van der Waals surface area contributed by atoms with Gasteiger partial charge in [0.25, 0.3) is 0 Å². The molecule has 0 atom stereocenters. The lowest BCUT2D eigenvalue weighted by molar-refractivity contribution is 0.415. The van der Waals surface area contributed by atoms with Crippen LogP contribution in [0.4, 0.5) is 11.5 Å². The van der Waals surface area contributed by atoms with Crippen LogP contribution in [0.15, 0.2) is 41.5 Å². The zero-order chi connectivity index (χ0) is 19.2. The number of halogens is 2. The summed E-state index contributed by atoms with van der Waals surface area (Å²) in [5.41, 5.74) is 7.74. The summed E-state index contributed by atoms with van der Waals surface area (Å²) in [7, 11) is 1.58. The molecule has 2 aromatic rings. The molecule has 0 amide bonds. The van der Waals surface area contributed by atoms with Gasteiger partial charge in [0, 0.05) is 25.0 Å². The summed E-state index contributed by atoms with van der Waals surface area (Å²) in [6.45, 7) is 4.93. The first kappa shape index (κ1) is 22.5. The molecule has 152 valence electrons. The van der Waals surface area contributed by atoms with Crippen molar-refractivity contribution in [3.63, 3.8) is 0 Å². The molecule has 1 fully saturated rings. The minimum absolute atomic E-state index is 0. The van der Waals surface area contributed by atoms with Crippen LogP contribution in [0.1, 0.15) is 25.3 Å². The van der Waals surface area contributed by atoms with Crippen LogP contribution < -0.4 is 20.7 Å². The van der Waals surface area contributed by atoms with E-state index >= 15 is 0 Å². The Morgan fingerprint density at radius 2 is 2.07 bits per heavy atom. The molecule has 0 aliphatic carbocycles. The number of benzene rings is 1. The number of piperidine rings is 1. The smallest absolute Gasteiger partial charge is 0.193 e. The topological polar surface area (TPSA) is 75.8 Å². The van der Waals surface area contributed by atoms with Crippen molar-refractivity contribution in [2.45, 2.75) is 26.3 Å². The number of pyridine rings is 1. The van der Waals surface area contributed by atoms with Crippen molar-refractivity contribution in [2.75, 3.05) is 30.4 Å². The highest BCUT2D eigenvalue weighted by atomic mass is 127. The van der Waals surface area contributed by atoms with Crippen molar-refractivity contribution >= 4 is 53.0 Å². The summed E-state index contributed by atoms with van der Waals surface area (Å²) < 4.78 is 5.14. The SMILES string of the molecule is COc1ccc(NC(N)=NCc2ccc(N3CCC(C)CC3)nc2)cc1Cl.I. The lowest BCUT2D eigenvalue weighted by Crippen LogP contribution is -2.33. The molecule has 1 aliphatic heterocycles. The Morgan fingerprint density at radius 1 is 1.32 bits per heavy atom. The summed E-state index contributed by atoms with van der Waals surface area (Å²) in [6, 6.07) is 9.48. The van der Waals surface area contributed by atoms with E-state index in [4.69, 9.17) is 22.1 Å². The molecule has 28 heavy (non-hydrogen) atoms. The van der Waals surface area contributed by atoms with E-state index in [1.807, 2.05) is 12.3 Å². The fourth-order valence-electron chi connectivity index (χ4n) is 3.04. The summed E-state index contributed by atoms with van der Waals surface area (Å²) >= 11 is 6.11. The maximum Gasteiger partial charge on any atom is 0.193 e. The van der Waals surface area contributed by atoms with Gasteiger partial charge in [-0.25, -0.2) is 9.98 Å². The molecule has 1 saturated heterocycles. The number of methoxy groups -OCH3 is 1. The van der Waals surface area contributed by atoms with Gasteiger partial charge in [-0.15, -0.1) is 24.0 Å². The van der Waals surface area contributed by atoms with Crippen molar-refractivity contribution in [1.82, 2.24) is 4.98 Å². The maximum atomic E-state index is 6.11. The number of nitrogens with two attached hydrogens (primary N) is 1. The third-order valence-corrected chi connectivity index (χ3v) is 5.07. The van der Waals surface area contributed by atoms with Gasteiger partial charge in [0.2, 0.25) is 0 Å². The number of rotatable bonds is 5. The average Bonchev–Trinajstić information content (AvgIpc) is 2.68. The van der Waals surface area contributed by atoms with E-state index in [0.29, 0.717) is 23.3 Å². The van der Waals surface area contributed by atoms with Gasteiger partial charge >= 0.3 is 0 Å². The number of guanidine groups is 1. The summed E-state index contributed by atoms with van der Waals surface area (Å²) in [6.07, 6.45) is 4.32. The Bertz CT molecular complexity index is 792. The minimum Gasteiger partial charge on any atom is -0.495 e. The standard InChI is InChI=1S/C20H26ClN5O.HI/c1-14-7-9-26(10-8-14)19-6-3-15(12-23-19)13-24-20(22)25-16-4-5-18(27-2)17(21)11-16;/h3-6,11-12,14H,7-10,13H2,1-2H3,(H3,22,24,25);1H. The van der Waals surface area contributed by atoms with E-state index in [1.165, 1.54) is 12.8 Å². The molecule has 8 heteroatoms. The van der Waals surface area contributed by atoms with Gasteiger partial charge in [0.1, 0.15) is 11.6 Å². The predicted octanol–water partition coefficient (Wildman–Crippen LogP) is 4.52. The number of hydrogen-bond donors (Lipinski definition) is 2. The quantitative estimate of drug-likeness (QED) is 0.348. The highest BCUT2D eigenvalue weighted by molar-refractivity contribution is 14.0. The number of aromatic nitrogens is 1. The summed E-state index contributed by atoms with van der Waals surface area (Å²) in [5.74, 6) is 2.79. The van der Waals surface area contributed by atoms with Crippen LogP contribution in [0.2, 0.25) is 5.02 Å². The summed E-state index contributed by atoms with van der Waals surface area (Å²) in [4.78, 5) is 11.3. The van der Waals surface area contributed by atoms with E-state index in [0.717, 1.165) is 36.1 Å². The van der Waals surface area contributed by atoms with Gasteiger partial charge in [-0.1, -0.05) is 24.6 Å². The second-order valence-corrected chi connectivity index (χ2v) is 7.28. The first-order chi connectivity index (χ1) is 13.0. The number of hydrogen-bond acceptors (Lipinski definition) is 4. The second-order valence-electron chi connectivity index (χ2n) is 6.87. The van der Waals surface area contributed by atoms with E-state index in [-0.39, 0.29) is 24.0 Å². The van der Waals surface area contributed by atoms with Crippen molar-refractivity contribution in [3.8, 4) is 5.75 Å². The van der Waals surface area contributed by atoms with E-state index in [2.05, 4.69) is 39.2 Å². The monoisotopic (exact) mass is 515 g/mol. The molecule has 1 aromatic heterocycles. The molecule has 3 rings (SSSR count). The van der Waals surface area contributed by atoms with Crippen LogP contribution in [0.3, 0.4) is 0 Å². The predicted molar refractivity (Wildman–Crippen MR) is 127 cm³/mol. The van der Waals surface area contributed by atoms with Gasteiger partial charge in [-0.3, -0.25) is 0 Å². The van der Waals surface area contributed by atoms with Crippen molar-refractivity contribution < 1.29 is 4.74 Å². The molecule has 0 bridgehead atoms. The molecule has 0 unspecified atom stereocenters. The van der Waals surface area contributed by atoms with Gasteiger partial charge in [-0.2, -0.15) is 0 Å². The largest absolute Gasteiger partial charge is 0.495 e. The summed E-state index contributed by atoms with van der Waals surface area (Å²) in [5, 5.41) is 3.55. The Labute approximate surface area is 188 Å². The van der Waals surface area contributed by atoms with Crippen molar-refractivity contribution in [3.05, 3.63) is 47.1 Å². The lowest BCUT2D eigenvalue weighted by atomic mass is 9.99. The molecule has 6 nitrogen and oxygen atoms in total. The molecule has 1 aliphatic rings. The van der Waals surface area contributed by atoms with E-state index in [9.17, 15) is 0 Å². The van der Waals surface area contributed by atoms with Gasteiger partial charge < -0.3 is 20.7 Å². The van der Waals surface area contributed by atoms with Gasteiger partial charge in [0.15, 0.2) is 5.96 Å². The normalized spacial score (nSPS) is 15.1.